The lowest BCUT2D eigenvalue weighted by Crippen LogP contribution is -1.96. The maximum Gasteiger partial charge on any atom is 0.161 e. The number of para-hydroxylation sites is 1. The number of hydrogen-bond acceptors (Lipinski definition) is 3. The van der Waals surface area contributed by atoms with Gasteiger partial charge in [-0.25, -0.2) is 9.97 Å². The largest absolute Gasteiger partial charge is 0.456 e. The first kappa shape index (κ1) is 34.0. The highest BCUT2D eigenvalue weighted by atomic mass is 16.3. The summed E-state index contributed by atoms with van der Waals surface area (Å²) in [6, 6.07) is 75.0. The van der Waals surface area contributed by atoms with Crippen molar-refractivity contribution in [3.63, 3.8) is 0 Å². The first-order valence-electron chi connectivity index (χ1n) is 20.3. The lowest BCUT2D eigenvalue weighted by molar-refractivity contribution is 0.668. The average molecular weight is 766 g/mol. The summed E-state index contributed by atoms with van der Waals surface area (Å²) in [6.45, 7) is 0. The van der Waals surface area contributed by atoms with Gasteiger partial charge in [-0.2, -0.15) is 0 Å². The van der Waals surface area contributed by atoms with E-state index in [0.29, 0.717) is 5.82 Å². The molecular weight excluding hydrogens is 731 g/mol. The molecule has 0 amide bonds. The Kier molecular flexibility index (Phi) is 7.82. The van der Waals surface area contributed by atoms with Crippen molar-refractivity contribution in [2.24, 2.45) is 0 Å². The molecular formula is C56H35N3O. The van der Waals surface area contributed by atoms with Crippen LogP contribution >= 0.6 is 0 Å². The summed E-state index contributed by atoms with van der Waals surface area (Å²) in [5, 5.41) is 5.45. The van der Waals surface area contributed by atoms with Gasteiger partial charge in [-0.1, -0.05) is 158 Å². The standard InChI is InChI=1S/C56H35N3O/c1-4-13-36(14-5-1)39-23-25-40(26-24-39)55-44-19-10-11-21-49(44)57-56(58-55)46-20-12-22-52-54(46)45-30-29-43(35-53(45)60-52)59-50-31-27-41(37-15-6-2-7-16-37)33-47(50)48-34-42(28-32-51(48)59)38-17-8-3-9-18-38/h1-35H. The molecule has 280 valence electrons. The molecule has 0 spiro atoms. The molecule has 9 aromatic carbocycles. The lowest BCUT2D eigenvalue weighted by Gasteiger charge is -2.11. The van der Waals surface area contributed by atoms with Crippen LogP contribution < -0.4 is 0 Å². The molecule has 0 radical (unpaired) electrons. The molecule has 0 bridgehead atoms. The fourth-order valence-electron chi connectivity index (χ4n) is 8.93. The summed E-state index contributed by atoms with van der Waals surface area (Å²) in [7, 11) is 0. The van der Waals surface area contributed by atoms with Gasteiger partial charge in [0.05, 0.1) is 22.2 Å². The van der Waals surface area contributed by atoms with Crippen LogP contribution in [0.2, 0.25) is 0 Å². The predicted octanol–water partition coefficient (Wildman–Crippen LogP) is 15.0. The maximum atomic E-state index is 6.72. The van der Waals surface area contributed by atoms with Crippen molar-refractivity contribution < 1.29 is 4.42 Å². The molecule has 0 fully saturated rings. The zero-order valence-electron chi connectivity index (χ0n) is 32.5. The number of furan rings is 1. The number of rotatable bonds is 6. The Labute approximate surface area is 346 Å². The third-order valence-electron chi connectivity index (χ3n) is 11.8. The second-order valence-electron chi connectivity index (χ2n) is 15.3. The molecule has 3 heterocycles. The van der Waals surface area contributed by atoms with Crippen LogP contribution in [0.25, 0.3) is 116 Å². The second kappa shape index (κ2) is 13.8. The first-order valence-corrected chi connectivity index (χ1v) is 20.3. The van der Waals surface area contributed by atoms with Gasteiger partial charge in [-0.05, 0) is 81.9 Å². The molecule has 12 aromatic rings. The van der Waals surface area contributed by atoms with Crippen LogP contribution in [0.5, 0.6) is 0 Å². The average Bonchev–Trinajstić information content (AvgIpc) is 3.87. The molecule has 12 rings (SSSR count). The third-order valence-corrected chi connectivity index (χ3v) is 11.8. The number of fused-ring (bicyclic) bond motifs is 7. The quantitative estimate of drug-likeness (QED) is 0.169. The van der Waals surface area contributed by atoms with E-state index < -0.39 is 0 Å². The van der Waals surface area contributed by atoms with Gasteiger partial charge in [0, 0.05) is 49.8 Å². The Hall–Kier alpha value is -8.08. The minimum absolute atomic E-state index is 0.666. The summed E-state index contributed by atoms with van der Waals surface area (Å²) in [4.78, 5) is 10.5. The van der Waals surface area contributed by atoms with E-state index >= 15 is 0 Å². The lowest BCUT2D eigenvalue weighted by atomic mass is 10.0. The molecule has 0 N–H and O–H groups in total. The molecule has 0 atom stereocenters. The van der Waals surface area contributed by atoms with E-state index in [4.69, 9.17) is 14.4 Å². The third kappa shape index (κ3) is 5.61. The van der Waals surface area contributed by atoms with Crippen LogP contribution in [0, 0.1) is 0 Å². The molecule has 60 heavy (non-hydrogen) atoms. The maximum absolute atomic E-state index is 6.72. The van der Waals surface area contributed by atoms with Crippen LogP contribution in [0.1, 0.15) is 0 Å². The van der Waals surface area contributed by atoms with Crippen LogP contribution in [0.3, 0.4) is 0 Å². The highest BCUT2D eigenvalue weighted by molar-refractivity contribution is 6.14. The van der Waals surface area contributed by atoms with E-state index in [0.717, 1.165) is 66.4 Å². The van der Waals surface area contributed by atoms with Gasteiger partial charge in [0.15, 0.2) is 5.82 Å². The predicted molar refractivity (Wildman–Crippen MR) is 248 cm³/mol. The molecule has 0 aliphatic rings. The molecule has 4 heteroatoms. The first-order chi connectivity index (χ1) is 29.7. The van der Waals surface area contributed by atoms with Crippen molar-refractivity contribution >= 4 is 54.6 Å². The normalized spacial score (nSPS) is 11.7. The Morgan fingerprint density at radius 1 is 0.350 bits per heavy atom. The number of aromatic nitrogens is 3. The van der Waals surface area contributed by atoms with Gasteiger partial charge in [0.1, 0.15) is 11.2 Å². The zero-order chi connectivity index (χ0) is 39.6. The summed E-state index contributed by atoms with van der Waals surface area (Å²) in [5.41, 5.74) is 15.8. The Morgan fingerprint density at radius 3 is 1.55 bits per heavy atom. The van der Waals surface area contributed by atoms with Gasteiger partial charge in [0.2, 0.25) is 0 Å². The van der Waals surface area contributed by atoms with Gasteiger partial charge in [-0.15, -0.1) is 0 Å². The Morgan fingerprint density at radius 2 is 0.900 bits per heavy atom. The number of benzene rings is 9. The van der Waals surface area contributed by atoms with E-state index in [9.17, 15) is 0 Å². The van der Waals surface area contributed by atoms with Crippen LogP contribution in [0.4, 0.5) is 0 Å². The van der Waals surface area contributed by atoms with Crippen molar-refractivity contribution in [3.8, 4) is 61.7 Å². The summed E-state index contributed by atoms with van der Waals surface area (Å²) in [6.07, 6.45) is 0. The van der Waals surface area contributed by atoms with Crippen LogP contribution in [0.15, 0.2) is 217 Å². The summed E-state index contributed by atoms with van der Waals surface area (Å²) >= 11 is 0. The molecule has 4 nitrogen and oxygen atoms in total. The highest BCUT2D eigenvalue weighted by Crippen LogP contribution is 2.41. The Balaban J connectivity index is 1.01. The van der Waals surface area contributed by atoms with Crippen LogP contribution in [-0.2, 0) is 0 Å². The van der Waals surface area contributed by atoms with Crippen molar-refractivity contribution in [1.29, 1.82) is 0 Å². The minimum atomic E-state index is 0.666. The number of nitrogens with zero attached hydrogens (tertiary/aromatic N) is 3. The van der Waals surface area contributed by atoms with Gasteiger partial charge in [0.25, 0.3) is 0 Å². The van der Waals surface area contributed by atoms with E-state index in [1.165, 1.54) is 44.2 Å². The highest BCUT2D eigenvalue weighted by Gasteiger charge is 2.20. The molecule has 0 saturated carbocycles. The zero-order valence-corrected chi connectivity index (χ0v) is 32.5. The molecule has 0 aliphatic carbocycles. The van der Waals surface area contributed by atoms with Crippen LogP contribution in [-0.4, -0.2) is 14.5 Å². The van der Waals surface area contributed by atoms with Crippen molar-refractivity contribution in [2.45, 2.75) is 0 Å². The fraction of sp³-hybridized carbons (Fsp3) is 0. The topological polar surface area (TPSA) is 43.9 Å². The second-order valence-corrected chi connectivity index (χ2v) is 15.3. The molecule has 0 unspecified atom stereocenters. The van der Waals surface area contributed by atoms with Gasteiger partial charge < -0.3 is 8.98 Å². The van der Waals surface area contributed by atoms with Crippen molar-refractivity contribution in [2.75, 3.05) is 0 Å². The van der Waals surface area contributed by atoms with E-state index in [1.54, 1.807) is 0 Å². The minimum Gasteiger partial charge on any atom is -0.456 e. The van der Waals surface area contributed by atoms with Crippen molar-refractivity contribution in [1.82, 2.24) is 14.5 Å². The molecule has 0 aliphatic heterocycles. The van der Waals surface area contributed by atoms with E-state index in [2.05, 4.69) is 193 Å². The van der Waals surface area contributed by atoms with Crippen molar-refractivity contribution in [3.05, 3.63) is 212 Å². The smallest absolute Gasteiger partial charge is 0.161 e. The summed E-state index contributed by atoms with van der Waals surface area (Å²) in [5.74, 6) is 0.666. The van der Waals surface area contributed by atoms with Gasteiger partial charge >= 0.3 is 0 Å². The van der Waals surface area contributed by atoms with Gasteiger partial charge in [-0.3, -0.25) is 0 Å². The summed E-state index contributed by atoms with van der Waals surface area (Å²) < 4.78 is 9.08. The van der Waals surface area contributed by atoms with E-state index in [-0.39, 0.29) is 0 Å². The Bertz CT molecular complexity index is 3470. The molecule has 3 aromatic heterocycles. The number of hydrogen-bond donors (Lipinski definition) is 0. The SMILES string of the molecule is c1ccc(-c2ccc(-c3nc(-c4cccc5oc6cc(-n7c8ccc(-c9ccccc9)cc8c8cc(-c9ccccc9)ccc87)ccc6c45)nc4ccccc34)cc2)cc1. The monoisotopic (exact) mass is 765 g/mol. The fourth-order valence-corrected chi connectivity index (χ4v) is 8.93. The molecule has 0 saturated heterocycles. The van der Waals surface area contributed by atoms with E-state index in [1.807, 2.05) is 24.3 Å².